The van der Waals surface area contributed by atoms with Crippen LogP contribution in [0.25, 0.3) is 33.9 Å². The van der Waals surface area contributed by atoms with Gasteiger partial charge in [0.2, 0.25) is 0 Å². The maximum atomic E-state index is 6.12. The van der Waals surface area contributed by atoms with E-state index in [2.05, 4.69) is 193 Å². The van der Waals surface area contributed by atoms with Crippen molar-refractivity contribution in [3.8, 4) is 22.3 Å². The monoisotopic (exact) mass is 998 g/mol. The summed E-state index contributed by atoms with van der Waals surface area (Å²) in [6, 6.07) is 34.0. The number of rotatable bonds is 17. The van der Waals surface area contributed by atoms with Crippen LogP contribution in [0.5, 0.6) is 0 Å². The Kier molecular flexibility index (Phi) is 18.4. The van der Waals surface area contributed by atoms with E-state index in [0.29, 0.717) is 13.2 Å². The van der Waals surface area contributed by atoms with Crippen LogP contribution < -0.4 is 0 Å². The topological polar surface area (TPSA) is 9.23 Å². The van der Waals surface area contributed by atoms with Crippen molar-refractivity contribution in [3.05, 3.63) is 129 Å². The third-order valence-electron chi connectivity index (χ3n) is 14.8. The van der Waals surface area contributed by atoms with Crippen molar-refractivity contribution < 1.29 is 22.1 Å². The molecule has 4 aromatic rings. The SMILES string of the molecule is CCCCC[CH2][Zr]([CH3])(=[SiH2])([CH]1C(C(C)C)=Cc2c(-c3ccc(C(C)(C)C)cc3)cccc21)[CH]1C(C)=C(CCCCCCOC(C)(C)C)c2c(-c3ccc(C(C)(C)C)cc3)cccc21.Cl.Cl. The number of fused-ring (bicyclic) bond motifs is 2. The summed E-state index contributed by atoms with van der Waals surface area (Å²) in [7, 11) is 0. The van der Waals surface area contributed by atoms with Crippen LogP contribution in [0, 0.1) is 5.92 Å². The molecule has 0 radical (unpaired) electrons. The van der Waals surface area contributed by atoms with Gasteiger partial charge in [0.15, 0.2) is 0 Å². The molecule has 0 aliphatic heterocycles. The van der Waals surface area contributed by atoms with Gasteiger partial charge in [-0.1, -0.05) is 0 Å². The van der Waals surface area contributed by atoms with Crippen LogP contribution in [-0.2, 0) is 33.0 Å². The summed E-state index contributed by atoms with van der Waals surface area (Å²) >= 11 is -4.05. The van der Waals surface area contributed by atoms with Gasteiger partial charge in [0.25, 0.3) is 0 Å². The maximum absolute atomic E-state index is 6.12. The fourth-order valence-corrected chi connectivity index (χ4v) is 37.0. The summed E-state index contributed by atoms with van der Waals surface area (Å²) in [6.45, 7) is 33.9. The van der Waals surface area contributed by atoms with Crippen LogP contribution >= 0.6 is 24.8 Å². The van der Waals surface area contributed by atoms with E-state index in [0.717, 1.165) is 19.4 Å². The fourth-order valence-electron chi connectivity index (χ4n) is 11.5. The second-order valence-corrected chi connectivity index (χ2v) is 51.9. The van der Waals surface area contributed by atoms with Crippen LogP contribution in [0.1, 0.15) is 188 Å². The van der Waals surface area contributed by atoms with Gasteiger partial charge in [-0.2, -0.15) is 0 Å². The Labute approximate surface area is 406 Å². The zero-order valence-electron chi connectivity index (χ0n) is 42.6. The quantitative estimate of drug-likeness (QED) is 0.0757. The average Bonchev–Trinajstić information content (AvgIpc) is 3.75. The minimum Gasteiger partial charge on any atom is -0.147 e. The van der Waals surface area contributed by atoms with Crippen molar-refractivity contribution in [1.82, 2.24) is 0 Å². The van der Waals surface area contributed by atoms with Crippen molar-refractivity contribution in [2.75, 3.05) is 6.61 Å². The number of halogens is 2. The molecule has 0 amide bonds. The standard InChI is InChI=1S/C30H41O.C22H25.C6H13.CH3.2ClH.H2Si.Zr/c1-22-21-24-13-12-15-27(23-16-18-25(19-17-23)29(2,3)4)28(24)26(22)14-10-8-9-11-20-31-30(5,6)7;1-15(2)18-13-17-7-6-8-20(21(17)14-18)16-9-11-19(12-10-16)22(3,4)5;1-3-5-6-4-2;;;;;/h12-13,15-19,21H,8-11,14,20H2,1-7H3;6-15H,1-5H3;1,3-6H2,2H3;1H3;2*1H;1H2;. The predicted molar refractivity (Wildman–Crippen MR) is 289 cm³/mol. The number of allylic oxidation sites excluding steroid dienone is 3. The smallest absolute Gasteiger partial charge is 0.147 e. The summed E-state index contributed by atoms with van der Waals surface area (Å²) < 4.78 is 11.5. The summed E-state index contributed by atoms with van der Waals surface area (Å²) in [5, 5.41) is 0. The summed E-state index contributed by atoms with van der Waals surface area (Å²) in [4.78, 5) is 0. The molecule has 64 heavy (non-hydrogen) atoms. The molecule has 0 spiro atoms. The first kappa shape index (κ1) is 54.6. The van der Waals surface area contributed by atoms with E-state index < -0.39 is 17.4 Å². The largest absolute Gasteiger partial charge is 0.147 e. The van der Waals surface area contributed by atoms with Gasteiger partial charge in [0.1, 0.15) is 0 Å². The van der Waals surface area contributed by atoms with Crippen molar-refractivity contribution in [2.45, 2.75) is 180 Å². The minimum atomic E-state index is -4.05. The van der Waals surface area contributed by atoms with Gasteiger partial charge < -0.3 is 0 Å². The molecule has 0 aromatic heterocycles. The Morgan fingerprint density at radius 2 is 1.14 bits per heavy atom. The number of benzene rings is 4. The van der Waals surface area contributed by atoms with E-state index in [1.807, 2.05) is 0 Å². The number of hydrogen-bond acceptors (Lipinski definition) is 1. The fraction of sp³-hybridized carbons (Fsp3) is 0.525. The van der Waals surface area contributed by atoms with Gasteiger partial charge in [-0.3, -0.25) is 0 Å². The molecule has 2 aliphatic carbocycles. The van der Waals surface area contributed by atoms with E-state index in [-0.39, 0.29) is 41.2 Å². The third-order valence-corrected chi connectivity index (χ3v) is 38.0. The van der Waals surface area contributed by atoms with E-state index in [4.69, 9.17) is 4.74 Å². The molecule has 5 heteroatoms. The molecular formula is C59H86Cl2OSiZr. The first-order chi connectivity index (χ1) is 29.1. The van der Waals surface area contributed by atoms with E-state index >= 15 is 0 Å². The van der Waals surface area contributed by atoms with Gasteiger partial charge >= 0.3 is 385 Å². The van der Waals surface area contributed by atoms with Gasteiger partial charge in [0.05, 0.1) is 0 Å². The first-order valence-electron chi connectivity index (χ1n) is 24.6. The molecule has 0 saturated heterocycles. The van der Waals surface area contributed by atoms with Gasteiger partial charge in [-0.05, 0) is 0 Å². The van der Waals surface area contributed by atoms with Crippen LogP contribution in [0.3, 0.4) is 0 Å². The Morgan fingerprint density at radius 1 is 0.625 bits per heavy atom. The molecule has 2 unspecified atom stereocenters. The molecule has 4 aromatic carbocycles. The summed E-state index contributed by atoms with van der Waals surface area (Å²) in [6.07, 6.45) is 14.0. The zero-order chi connectivity index (χ0) is 45.3. The van der Waals surface area contributed by atoms with Gasteiger partial charge in [-0.15, -0.1) is 24.8 Å². The van der Waals surface area contributed by atoms with Gasteiger partial charge in [0, 0.05) is 0 Å². The van der Waals surface area contributed by atoms with E-state index in [1.54, 1.807) is 33.4 Å². The van der Waals surface area contributed by atoms with Gasteiger partial charge in [-0.25, -0.2) is 0 Å². The molecule has 6 rings (SSSR count). The Bertz CT molecular complexity index is 2330. The molecular weight excluding hydrogens is 915 g/mol. The first-order valence-corrected chi connectivity index (χ1v) is 37.6. The van der Waals surface area contributed by atoms with Crippen LogP contribution in [0.15, 0.2) is 96.1 Å². The van der Waals surface area contributed by atoms with E-state index in [1.165, 1.54) is 88.0 Å². The average molecular weight is 1000 g/mol. The Hall–Kier alpha value is -2.00. The normalized spacial score (nSPS) is 16.7. The maximum Gasteiger partial charge on any atom is -0.147 e. The van der Waals surface area contributed by atoms with Crippen LogP contribution in [0.2, 0.25) is 8.76 Å². The van der Waals surface area contributed by atoms with Crippen molar-refractivity contribution >= 4 is 43.3 Å². The third kappa shape index (κ3) is 11.8. The van der Waals surface area contributed by atoms with Crippen LogP contribution in [-0.4, -0.2) is 19.1 Å². The molecule has 0 bridgehead atoms. The Morgan fingerprint density at radius 3 is 1.67 bits per heavy atom. The zero-order valence-corrected chi connectivity index (χ0v) is 48.1. The molecule has 2 aliphatic rings. The van der Waals surface area contributed by atoms with Crippen molar-refractivity contribution in [2.24, 2.45) is 5.92 Å². The molecule has 0 N–H and O–H groups in total. The number of hydrogen-bond donors (Lipinski definition) is 0. The Balaban J connectivity index is 0.00000449. The molecule has 0 heterocycles. The molecule has 2 atom stereocenters. The molecule has 0 saturated carbocycles. The van der Waals surface area contributed by atoms with Crippen molar-refractivity contribution in [1.29, 1.82) is 0 Å². The number of ether oxygens (including phenoxy) is 1. The second-order valence-electron chi connectivity index (χ2n) is 23.5. The van der Waals surface area contributed by atoms with Crippen LogP contribution in [0.4, 0.5) is 0 Å². The molecule has 1 nitrogen and oxygen atoms in total. The number of unbranched alkanes of at least 4 members (excludes halogenated alkanes) is 6. The second kappa shape index (κ2) is 21.5. The minimum absolute atomic E-state index is 0. The summed E-state index contributed by atoms with van der Waals surface area (Å²) in [5.41, 5.74) is 20.0. The molecule has 0 fully saturated rings. The predicted octanol–water partition coefficient (Wildman–Crippen LogP) is 18.1. The van der Waals surface area contributed by atoms with E-state index in [9.17, 15) is 0 Å². The molecule has 350 valence electrons. The summed E-state index contributed by atoms with van der Waals surface area (Å²) in [5.74, 6) is 0.483. The van der Waals surface area contributed by atoms with Crippen molar-refractivity contribution in [3.63, 3.8) is 0 Å².